The maximum absolute atomic E-state index is 13.0. The number of aliphatic carboxylic acids is 1. The van der Waals surface area contributed by atoms with Crippen LogP contribution in [0, 0.1) is 5.82 Å². The zero-order chi connectivity index (χ0) is 14.3. The van der Waals surface area contributed by atoms with Crippen molar-refractivity contribution in [1.29, 1.82) is 0 Å². The van der Waals surface area contributed by atoms with Crippen molar-refractivity contribution in [2.24, 2.45) is 0 Å². The molecule has 1 amide bonds. The van der Waals surface area contributed by atoms with E-state index in [0.29, 0.717) is 24.5 Å². The molecule has 0 aromatic heterocycles. The van der Waals surface area contributed by atoms with Crippen LogP contribution in [0.3, 0.4) is 0 Å². The summed E-state index contributed by atoms with van der Waals surface area (Å²) in [5.74, 6) is -0.587. The van der Waals surface area contributed by atoms with Crippen molar-refractivity contribution in [2.75, 3.05) is 11.6 Å². The number of thioether (sulfide) groups is 1. The largest absolute Gasteiger partial charge is 0.480 e. The molecule has 1 aliphatic heterocycles. The van der Waals surface area contributed by atoms with Gasteiger partial charge in [0.1, 0.15) is 11.9 Å². The number of amides is 1. The first kappa shape index (κ1) is 13.4. The van der Waals surface area contributed by atoms with E-state index in [-0.39, 0.29) is 11.7 Å². The standard InChI is InChI=1S/C14H14FNO3S/c15-10-3-1-9(2-4-10)14(5-6-14)13(19)16-8-20-7-11(16)12(17)18/h1-4,11H,5-8H2,(H,17,18)/t11-/m0/s1. The molecule has 0 bridgehead atoms. The number of carboxylic acid groups (broad SMARTS) is 1. The zero-order valence-corrected chi connectivity index (χ0v) is 11.5. The minimum absolute atomic E-state index is 0.137. The number of benzene rings is 1. The molecule has 2 fully saturated rings. The summed E-state index contributed by atoms with van der Waals surface area (Å²) in [5, 5.41) is 9.17. The van der Waals surface area contributed by atoms with Gasteiger partial charge in [0.2, 0.25) is 5.91 Å². The zero-order valence-electron chi connectivity index (χ0n) is 10.7. The Kier molecular flexibility index (Phi) is 3.20. The fourth-order valence-corrected chi connectivity index (χ4v) is 3.79. The highest BCUT2D eigenvalue weighted by Crippen LogP contribution is 2.50. The summed E-state index contributed by atoms with van der Waals surface area (Å²) in [5.41, 5.74) is 0.150. The van der Waals surface area contributed by atoms with Crippen LogP contribution in [0.15, 0.2) is 24.3 Å². The summed E-state index contributed by atoms with van der Waals surface area (Å²) in [7, 11) is 0. The van der Waals surface area contributed by atoms with Crippen molar-refractivity contribution in [2.45, 2.75) is 24.3 Å². The number of carboxylic acids is 1. The Morgan fingerprint density at radius 2 is 1.95 bits per heavy atom. The van der Waals surface area contributed by atoms with Gasteiger partial charge >= 0.3 is 5.97 Å². The molecule has 6 heteroatoms. The number of carbonyl (C=O) groups excluding carboxylic acids is 1. The molecule has 1 aromatic carbocycles. The Bertz CT molecular complexity index is 556. The van der Waals surface area contributed by atoms with Crippen LogP contribution in [-0.2, 0) is 15.0 Å². The van der Waals surface area contributed by atoms with Crippen LogP contribution < -0.4 is 0 Å². The Labute approximate surface area is 120 Å². The molecule has 0 unspecified atom stereocenters. The number of rotatable bonds is 3. The Hall–Kier alpha value is -1.56. The normalized spacial score (nSPS) is 23.6. The first-order chi connectivity index (χ1) is 9.54. The third-order valence-corrected chi connectivity index (χ3v) is 5.00. The molecule has 2 aliphatic rings. The van der Waals surface area contributed by atoms with Gasteiger partial charge in [-0.05, 0) is 30.5 Å². The lowest BCUT2D eigenvalue weighted by atomic mass is 9.94. The summed E-state index contributed by atoms with van der Waals surface area (Å²) in [4.78, 5) is 25.3. The molecule has 1 atom stereocenters. The minimum atomic E-state index is -0.960. The second kappa shape index (κ2) is 4.77. The topological polar surface area (TPSA) is 57.6 Å². The molecule has 20 heavy (non-hydrogen) atoms. The van der Waals surface area contributed by atoms with Gasteiger partial charge in [-0.3, -0.25) is 4.79 Å². The highest BCUT2D eigenvalue weighted by molar-refractivity contribution is 7.99. The molecule has 1 aliphatic carbocycles. The van der Waals surface area contributed by atoms with Crippen LogP contribution in [0.1, 0.15) is 18.4 Å². The van der Waals surface area contributed by atoms with E-state index in [2.05, 4.69) is 0 Å². The summed E-state index contributed by atoms with van der Waals surface area (Å²) in [6.07, 6.45) is 1.40. The van der Waals surface area contributed by atoms with Crippen LogP contribution in [0.5, 0.6) is 0 Å². The van der Waals surface area contributed by atoms with E-state index in [1.807, 2.05) is 0 Å². The van der Waals surface area contributed by atoms with Crippen molar-refractivity contribution in [3.8, 4) is 0 Å². The number of carbonyl (C=O) groups is 2. The number of hydrogen-bond donors (Lipinski definition) is 1. The molecular formula is C14H14FNO3S. The van der Waals surface area contributed by atoms with E-state index in [9.17, 15) is 14.0 Å². The fourth-order valence-electron chi connectivity index (χ4n) is 2.64. The SMILES string of the molecule is O=C(O)[C@@H]1CSCN1C(=O)C1(c2ccc(F)cc2)CC1. The second-order valence-corrected chi connectivity index (χ2v) is 6.22. The maximum Gasteiger partial charge on any atom is 0.327 e. The first-order valence-electron chi connectivity index (χ1n) is 6.42. The average molecular weight is 295 g/mol. The molecule has 1 aromatic rings. The predicted octanol–water partition coefficient (Wildman–Crippen LogP) is 1.84. The van der Waals surface area contributed by atoms with Gasteiger partial charge in [0.25, 0.3) is 0 Å². The summed E-state index contributed by atoms with van der Waals surface area (Å²) in [6.45, 7) is 0. The quantitative estimate of drug-likeness (QED) is 0.924. The molecule has 1 N–H and O–H groups in total. The van der Waals surface area contributed by atoms with Gasteiger partial charge in [0.05, 0.1) is 11.3 Å². The van der Waals surface area contributed by atoms with E-state index in [4.69, 9.17) is 5.11 Å². The van der Waals surface area contributed by atoms with Crippen molar-refractivity contribution in [3.05, 3.63) is 35.6 Å². The van der Waals surface area contributed by atoms with Crippen LogP contribution in [-0.4, -0.2) is 39.6 Å². The lowest BCUT2D eigenvalue weighted by Gasteiger charge is -2.26. The van der Waals surface area contributed by atoms with Crippen molar-refractivity contribution in [3.63, 3.8) is 0 Å². The molecule has 106 valence electrons. The molecule has 0 radical (unpaired) electrons. The third kappa shape index (κ3) is 2.08. The van der Waals surface area contributed by atoms with Gasteiger partial charge in [-0.2, -0.15) is 0 Å². The van der Waals surface area contributed by atoms with Crippen molar-refractivity contribution < 1.29 is 19.1 Å². The van der Waals surface area contributed by atoms with Gasteiger partial charge in [0.15, 0.2) is 0 Å². The van der Waals surface area contributed by atoms with Crippen LogP contribution in [0.25, 0.3) is 0 Å². The lowest BCUT2D eigenvalue weighted by Crippen LogP contribution is -2.46. The highest BCUT2D eigenvalue weighted by Gasteiger charge is 2.55. The molecular weight excluding hydrogens is 281 g/mol. The van der Waals surface area contributed by atoms with Gasteiger partial charge in [-0.1, -0.05) is 12.1 Å². The highest BCUT2D eigenvalue weighted by atomic mass is 32.2. The van der Waals surface area contributed by atoms with Crippen molar-refractivity contribution >= 4 is 23.6 Å². The number of hydrogen-bond acceptors (Lipinski definition) is 3. The van der Waals surface area contributed by atoms with E-state index in [0.717, 1.165) is 5.56 Å². The van der Waals surface area contributed by atoms with Gasteiger partial charge in [-0.25, -0.2) is 9.18 Å². The van der Waals surface area contributed by atoms with Crippen LogP contribution >= 0.6 is 11.8 Å². The first-order valence-corrected chi connectivity index (χ1v) is 7.58. The van der Waals surface area contributed by atoms with E-state index >= 15 is 0 Å². The van der Waals surface area contributed by atoms with E-state index in [1.54, 1.807) is 12.1 Å². The molecule has 3 rings (SSSR count). The smallest absolute Gasteiger partial charge is 0.327 e. The fraction of sp³-hybridized carbons (Fsp3) is 0.429. The van der Waals surface area contributed by atoms with Crippen LogP contribution in [0.2, 0.25) is 0 Å². The second-order valence-electron chi connectivity index (χ2n) is 5.22. The van der Waals surface area contributed by atoms with E-state index in [1.165, 1.54) is 28.8 Å². The summed E-state index contributed by atoms with van der Waals surface area (Å²) in [6, 6.07) is 5.19. The van der Waals surface area contributed by atoms with E-state index < -0.39 is 17.4 Å². The minimum Gasteiger partial charge on any atom is -0.480 e. The molecule has 1 saturated heterocycles. The molecule has 1 saturated carbocycles. The average Bonchev–Trinajstić information content (AvgIpc) is 3.08. The Morgan fingerprint density at radius 3 is 2.50 bits per heavy atom. The molecule has 4 nitrogen and oxygen atoms in total. The predicted molar refractivity (Wildman–Crippen MR) is 72.9 cm³/mol. The Balaban J connectivity index is 1.86. The van der Waals surface area contributed by atoms with Crippen LogP contribution in [0.4, 0.5) is 4.39 Å². The monoisotopic (exact) mass is 295 g/mol. The molecule has 0 spiro atoms. The number of halogens is 1. The summed E-state index contributed by atoms with van der Waals surface area (Å²) >= 11 is 1.45. The van der Waals surface area contributed by atoms with Gasteiger partial charge < -0.3 is 10.0 Å². The molecule has 1 heterocycles. The third-order valence-electron chi connectivity index (χ3n) is 3.98. The van der Waals surface area contributed by atoms with Crippen molar-refractivity contribution in [1.82, 2.24) is 4.90 Å². The summed E-state index contributed by atoms with van der Waals surface area (Å²) < 4.78 is 13.0. The van der Waals surface area contributed by atoms with Gasteiger partial charge in [0, 0.05) is 5.75 Å². The number of nitrogens with zero attached hydrogens (tertiary/aromatic N) is 1. The van der Waals surface area contributed by atoms with Gasteiger partial charge in [-0.15, -0.1) is 11.8 Å². The Morgan fingerprint density at radius 1 is 1.30 bits per heavy atom. The lowest BCUT2D eigenvalue weighted by molar-refractivity contribution is -0.148. The maximum atomic E-state index is 13.0.